The molecule has 0 radical (unpaired) electrons. The van der Waals surface area contributed by atoms with E-state index in [1.54, 1.807) is 28.6 Å². The number of hydrogen-bond acceptors (Lipinski definition) is 4. The van der Waals surface area contributed by atoms with Gasteiger partial charge >= 0.3 is 0 Å². The lowest BCUT2D eigenvalue weighted by atomic mass is 10.1. The third-order valence-electron chi connectivity index (χ3n) is 3.70. The van der Waals surface area contributed by atoms with E-state index in [-0.39, 0.29) is 12.1 Å². The molecule has 0 aliphatic carbocycles. The van der Waals surface area contributed by atoms with Crippen LogP contribution in [0.5, 0.6) is 5.75 Å². The van der Waals surface area contributed by atoms with E-state index in [9.17, 15) is 8.42 Å². The Morgan fingerprint density at radius 2 is 2.15 bits per heavy atom. The third kappa shape index (κ3) is 2.97. The van der Waals surface area contributed by atoms with Crippen LogP contribution in [-0.2, 0) is 10.0 Å². The average Bonchev–Trinajstić information content (AvgIpc) is 2.42. The summed E-state index contributed by atoms with van der Waals surface area (Å²) in [5.74, 6) is 0.587. The van der Waals surface area contributed by atoms with Crippen molar-refractivity contribution in [2.75, 3.05) is 19.7 Å². The lowest BCUT2D eigenvalue weighted by Gasteiger charge is -2.37. The second-order valence-electron chi connectivity index (χ2n) is 5.01. The molecule has 1 fully saturated rings. The Hall–Kier alpha value is -1.11. The molecule has 0 saturated carbocycles. The van der Waals surface area contributed by atoms with Gasteiger partial charge in [0.1, 0.15) is 5.75 Å². The Kier molecular flexibility index (Phi) is 4.67. The number of hydrogen-bond donors (Lipinski definition) is 1. The molecule has 1 heterocycles. The molecule has 0 spiro atoms. The van der Waals surface area contributed by atoms with Gasteiger partial charge in [-0.2, -0.15) is 4.31 Å². The maximum Gasteiger partial charge on any atom is 0.243 e. The molecular formula is C14H22N2O3S. The van der Waals surface area contributed by atoms with Gasteiger partial charge < -0.3 is 10.1 Å². The van der Waals surface area contributed by atoms with Crippen molar-refractivity contribution in [1.82, 2.24) is 9.62 Å². The fourth-order valence-electron chi connectivity index (χ4n) is 2.39. The molecule has 1 N–H and O–H groups in total. The van der Waals surface area contributed by atoms with Crippen LogP contribution in [0, 0.1) is 0 Å². The minimum Gasteiger partial charge on any atom is -0.494 e. The van der Waals surface area contributed by atoms with E-state index >= 15 is 0 Å². The van der Waals surface area contributed by atoms with Crippen LogP contribution in [0.15, 0.2) is 29.2 Å². The second kappa shape index (κ2) is 6.11. The molecule has 1 aliphatic rings. The highest BCUT2D eigenvalue weighted by atomic mass is 32.2. The van der Waals surface area contributed by atoms with Gasteiger partial charge in [0.05, 0.1) is 11.5 Å². The summed E-state index contributed by atoms with van der Waals surface area (Å²) in [7, 11) is -3.47. The largest absolute Gasteiger partial charge is 0.494 e. The summed E-state index contributed by atoms with van der Waals surface area (Å²) >= 11 is 0. The number of nitrogens with zero attached hydrogens (tertiary/aromatic N) is 1. The van der Waals surface area contributed by atoms with E-state index in [1.807, 2.05) is 20.8 Å². The summed E-state index contributed by atoms with van der Waals surface area (Å²) in [5, 5.41) is 3.29. The molecule has 2 atom stereocenters. The SMILES string of the molecule is CCOc1cccc(S(=O)(=O)N2CCNC(C)C2C)c1. The summed E-state index contributed by atoms with van der Waals surface area (Å²) in [6.45, 7) is 7.50. The molecule has 1 aromatic carbocycles. The number of sulfonamides is 1. The van der Waals surface area contributed by atoms with Gasteiger partial charge in [-0.3, -0.25) is 0 Å². The molecule has 1 aliphatic heterocycles. The van der Waals surface area contributed by atoms with Crippen molar-refractivity contribution in [3.8, 4) is 5.75 Å². The van der Waals surface area contributed by atoms with Crippen LogP contribution < -0.4 is 10.1 Å². The molecule has 0 amide bonds. The van der Waals surface area contributed by atoms with Gasteiger partial charge in [0.25, 0.3) is 0 Å². The highest BCUT2D eigenvalue weighted by Crippen LogP contribution is 2.24. The van der Waals surface area contributed by atoms with Crippen molar-refractivity contribution >= 4 is 10.0 Å². The monoisotopic (exact) mass is 298 g/mol. The molecule has 5 nitrogen and oxygen atoms in total. The summed E-state index contributed by atoms with van der Waals surface area (Å²) < 4.78 is 32.4. The average molecular weight is 298 g/mol. The summed E-state index contributed by atoms with van der Waals surface area (Å²) in [5.41, 5.74) is 0. The van der Waals surface area contributed by atoms with Gasteiger partial charge in [-0.05, 0) is 32.9 Å². The predicted molar refractivity (Wildman–Crippen MR) is 78.4 cm³/mol. The van der Waals surface area contributed by atoms with Crippen molar-refractivity contribution in [3.63, 3.8) is 0 Å². The van der Waals surface area contributed by atoms with E-state index in [4.69, 9.17) is 4.74 Å². The highest BCUT2D eigenvalue weighted by molar-refractivity contribution is 7.89. The quantitative estimate of drug-likeness (QED) is 0.914. The first-order valence-electron chi connectivity index (χ1n) is 6.95. The van der Waals surface area contributed by atoms with Crippen LogP contribution >= 0.6 is 0 Å². The van der Waals surface area contributed by atoms with E-state index < -0.39 is 10.0 Å². The Balaban J connectivity index is 2.32. The number of nitrogens with one attached hydrogen (secondary N) is 1. The zero-order valence-corrected chi connectivity index (χ0v) is 13.0. The zero-order chi connectivity index (χ0) is 14.8. The summed E-state index contributed by atoms with van der Waals surface area (Å²) in [6.07, 6.45) is 0. The molecular weight excluding hydrogens is 276 g/mol. The van der Waals surface area contributed by atoms with E-state index in [1.165, 1.54) is 0 Å². The van der Waals surface area contributed by atoms with E-state index in [0.717, 1.165) is 0 Å². The lowest BCUT2D eigenvalue weighted by Crippen LogP contribution is -2.57. The van der Waals surface area contributed by atoms with Crippen molar-refractivity contribution in [2.24, 2.45) is 0 Å². The first-order valence-corrected chi connectivity index (χ1v) is 8.39. The second-order valence-corrected chi connectivity index (χ2v) is 6.90. The fourth-order valence-corrected chi connectivity index (χ4v) is 4.13. The van der Waals surface area contributed by atoms with Crippen molar-refractivity contribution in [3.05, 3.63) is 24.3 Å². The fraction of sp³-hybridized carbons (Fsp3) is 0.571. The first kappa shape index (κ1) is 15.3. The van der Waals surface area contributed by atoms with Crippen LogP contribution in [-0.4, -0.2) is 44.5 Å². The predicted octanol–water partition coefficient (Wildman–Crippen LogP) is 1.46. The molecule has 0 bridgehead atoms. The van der Waals surface area contributed by atoms with E-state index in [2.05, 4.69) is 5.32 Å². The maximum absolute atomic E-state index is 12.7. The zero-order valence-electron chi connectivity index (χ0n) is 12.2. The van der Waals surface area contributed by atoms with Crippen molar-refractivity contribution in [2.45, 2.75) is 37.8 Å². The first-order chi connectivity index (χ1) is 9.46. The van der Waals surface area contributed by atoms with Crippen molar-refractivity contribution in [1.29, 1.82) is 0 Å². The molecule has 112 valence electrons. The van der Waals surface area contributed by atoms with E-state index in [0.29, 0.717) is 30.3 Å². The van der Waals surface area contributed by atoms with Crippen LogP contribution in [0.1, 0.15) is 20.8 Å². The standard InChI is InChI=1S/C14H22N2O3S/c1-4-19-13-6-5-7-14(10-13)20(17,18)16-9-8-15-11(2)12(16)3/h5-7,10-12,15H,4,8-9H2,1-3H3. The number of ether oxygens (including phenoxy) is 1. The van der Waals surface area contributed by atoms with Gasteiger partial charge in [0.15, 0.2) is 0 Å². The van der Waals surface area contributed by atoms with Gasteiger partial charge in [0.2, 0.25) is 10.0 Å². The van der Waals surface area contributed by atoms with Gasteiger partial charge in [-0.15, -0.1) is 0 Å². The normalized spacial score (nSPS) is 24.6. The Morgan fingerprint density at radius 1 is 1.40 bits per heavy atom. The Labute approximate surface area is 121 Å². The molecule has 6 heteroatoms. The molecule has 1 aromatic rings. The minimum absolute atomic E-state index is 0.0653. The topological polar surface area (TPSA) is 58.6 Å². The van der Waals surface area contributed by atoms with Crippen LogP contribution in [0.25, 0.3) is 0 Å². The molecule has 20 heavy (non-hydrogen) atoms. The summed E-state index contributed by atoms with van der Waals surface area (Å²) in [4.78, 5) is 0.296. The molecule has 2 unspecified atom stereocenters. The molecule has 2 rings (SSSR count). The van der Waals surface area contributed by atoms with Gasteiger partial charge in [-0.25, -0.2) is 8.42 Å². The Bertz CT molecular complexity index is 559. The Morgan fingerprint density at radius 3 is 2.85 bits per heavy atom. The number of benzene rings is 1. The van der Waals surface area contributed by atoms with Crippen LogP contribution in [0.4, 0.5) is 0 Å². The number of piperazine rings is 1. The lowest BCUT2D eigenvalue weighted by molar-refractivity contribution is 0.232. The smallest absolute Gasteiger partial charge is 0.243 e. The summed E-state index contributed by atoms with van der Waals surface area (Å²) in [6, 6.07) is 6.79. The van der Waals surface area contributed by atoms with Crippen LogP contribution in [0.3, 0.4) is 0 Å². The molecule has 1 saturated heterocycles. The highest BCUT2D eigenvalue weighted by Gasteiger charge is 2.34. The van der Waals surface area contributed by atoms with Gasteiger partial charge in [-0.1, -0.05) is 6.07 Å². The third-order valence-corrected chi connectivity index (χ3v) is 5.68. The van der Waals surface area contributed by atoms with Crippen molar-refractivity contribution < 1.29 is 13.2 Å². The minimum atomic E-state index is -3.47. The van der Waals surface area contributed by atoms with Crippen LogP contribution in [0.2, 0.25) is 0 Å². The van der Waals surface area contributed by atoms with Gasteiger partial charge in [0, 0.05) is 31.2 Å². The molecule has 0 aromatic heterocycles. The maximum atomic E-state index is 12.7. The number of rotatable bonds is 4.